The lowest BCUT2D eigenvalue weighted by atomic mass is 9.77. The molecule has 0 aliphatic carbocycles. The SMILES string of the molecule is CCCCCCC(CCCC)C(P)(CCCC)CCCC.O=S(=O)(O)C(F)(F)F. The molecular formula is C21H44F3O3PS. The van der Waals surface area contributed by atoms with E-state index in [-0.39, 0.29) is 0 Å². The number of alkyl halides is 3. The van der Waals surface area contributed by atoms with Crippen molar-refractivity contribution in [1.29, 1.82) is 0 Å². The second kappa shape index (κ2) is 16.8. The van der Waals surface area contributed by atoms with E-state index in [0.717, 1.165) is 5.92 Å². The fourth-order valence-corrected chi connectivity index (χ4v) is 4.27. The minimum Gasteiger partial charge on any atom is -0.279 e. The van der Waals surface area contributed by atoms with Gasteiger partial charge in [0.05, 0.1) is 0 Å². The van der Waals surface area contributed by atoms with Crippen LogP contribution in [-0.2, 0) is 10.1 Å². The van der Waals surface area contributed by atoms with Crippen LogP contribution < -0.4 is 0 Å². The summed E-state index contributed by atoms with van der Waals surface area (Å²) < 4.78 is 57.5. The van der Waals surface area contributed by atoms with Gasteiger partial charge in [0, 0.05) is 0 Å². The zero-order chi connectivity index (χ0) is 23.0. The molecule has 0 aliphatic heterocycles. The highest BCUT2D eigenvalue weighted by molar-refractivity contribution is 7.86. The molecule has 2 atom stereocenters. The van der Waals surface area contributed by atoms with E-state index in [9.17, 15) is 13.2 Å². The van der Waals surface area contributed by atoms with E-state index in [1.165, 1.54) is 89.9 Å². The van der Waals surface area contributed by atoms with Crippen LogP contribution in [0.2, 0.25) is 0 Å². The fraction of sp³-hybridized carbons (Fsp3) is 1.00. The van der Waals surface area contributed by atoms with Gasteiger partial charge in [-0.15, -0.1) is 9.24 Å². The van der Waals surface area contributed by atoms with Gasteiger partial charge < -0.3 is 0 Å². The quantitative estimate of drug-likeness (QED) is 0.115. The Morgan fingerprint density at radius 2 is 1.14 bits per heavy atom. The van der Waals surface area contributed by atoms with Crippen molar-refractivity contribution in [3.8, 4) is 0 Å². The minimum absolute atomic E-state index is 0.535. The van der Waals surface area contributed by atoms with E-state index in [4.69, 9.17) is 13.0 Å². The number of rotatable bonds is 15. The molecule has 0 saturated carbocycles. The van der Waals surface area contributed by atoms with Crippen LogP contribution in [-0.4, -0.2) is 23.6 Å². The lowest BCUT2D eigenvalue weighted by Crippen LogP contribution is -2.32. The first-order valence-corrected chi connectivity index (χ1v) is 13.2. The molecule has 3 nitrogen and oxygen atoms in total. The molecule has 2 unspecified atom stereocenters. The summed E-state index contributed by atoms with van der Waals surface area (Å²) in [4.78, 5) is 0. The topological polar surface area (TPSA) is 54.4 Å². The van der Waals surface area contributed by atoms with Crippen molar-refractivity contribution in [1.82, 2.24) is 0 Å². The Balaban J connectivity index is 0. The second-order valence-corrected chi connectivity index (χ2v) is 10.6. The van der Waals surface area contributed by atoms with Crippen LogP contribution in [0.1, 0.15) is 118 Å². The van der Waals surface area contributed by atoms with Crippen molar-refractivity contribution in [3.05, 3.63) is 0 Å². The molecule has 0 aromatic rings. The van der Waals surface area contributed by atoms with E-state index in [2.05, 4.69) is 36.9 Å². The van der Waals surface area contributed by atoms with Crippen LogP contribution in [0.3, 0.4) is 0 Å². The van der Waals surface area contributed by atoms with Crippen molar-refractivity contribution < 1.29 is 26.1 Å². The normalized spacial score (nSPS) is 13.7. The molecule has 8 heteroatoms. The molecule has 0 saturated heterocycles. The predicted molar refractivity (Wildman–Crippen MR) is 121 cm³/mol. The number of hydrogen-bond acceptors (Lipinski definition) is 2. The van der Waals surface area contributed by atoms with Gasteiger partial charge in [-0.25, -0.2) is 0 Å². The summed E-state index contributed by atoms with van der Waals surface area (Å²) in [6, 6.07) is 0. The van der Waals surface area contributed by atoms with Gasteiger partial charge >= 0.3 is 15.6 Å². The Labute approximate surface area is 179 Å². The van der Waals surface area contributed by atoms with Crippen LogP contribution >= 0.6 is 9.24 Å². The van der Waals surface area contributed by atoms with E-state index in [1.807, 2.05) is 0 Å². The van der Waals surface area contributed by atoms with Gasteiger partial charge in [0.1, 0.15) is 0 Å². The third-order valence-electron chi connectivity index (χ3n) is 5.41. The van der Waals surface area contributed by atoms with Gasteiger partial charge in [-0.05, 0) is 36.8 Å². The average Bonchev–Trinajstić information content (AvgIpc) is 2.63. The minimum atomic E-state index is -5.84. The molecule has 0 aromatic carbocycles. The Kier molecular flexibility index (Phi) is 18.1. The predicted octanol–water partition coefficient (Wildman–Crippen LogP) is 8.15. The Bertz CT molecular complexity index is 474. The largest absolute Gasteiger partial charge is 0.522 e. The summed E-state index contributed by atoms with van der Waals surface area (Å²) in [6.45, 7) is 9.34. The zero-order valence-corrected chi connectivity index (χ0v) is 20.8. The van der Waals surface area contributed by atoms with Crippen molar-refractivity contribution in [2.45, 2.75) is 128 Å². The van der Waals surface area contributed by atoms with Crippen molar-refractivity contribution in [2.75, 3.05) is 0 Å². The van der Waals surface area contributed by atoms with Crippen LogP contribution in [0.15, 0.2) is 0 Å². The highest BCUT2D eigenvalue weighted by Gasteiger charge is 2.44. The van der Waals surface area contributed by atoms with Crippen LogP contribution in [0.25, 0.3) is 0 Å². The molecule has 0 spiro atoms. The summed E-state index contributed by atoms with van der Waals surface area (Å²) in [7, 11) is -2.49. The van der Waals surface area contributed by atoms with Crippen LogP contribution in [0, 0.1) is 5.92 Å². The Morgan fingerprint density at radius 3 is 1.48 bits per heavy atom. The summed E-state index contributed by atoms with van der Waals surface area (Å²) >= 11 is 0. The van der Waals surface area contributed by atoms with Gasteiger partial charge in [-0.2, -0.15) is 21.6 Å². The molecule has 0 aromatic heterocycles. The molecule has 29 heavy (non-hydrogen) atoms. The number of unbranched alkanes of at least 4 members (excludes halogenated alkanes) is 6. The monoisotopic (exact) mass is 464 g/mol. The molecule has 0 rings (SSSR count). The molecular weight excluding hydrogens is 420 g/mol. The highest BCUT2D eigenvalue weighted by Crippen LogP contribution is 2.43. The van der Waals surface area contributed by atoms with Crippen LogP contribution in [0.4, 0.5) is 13.2 Å². The molecule has 0 heterocycles. The van der Waals surface area contributed by atoms with Gasteiger partial charge in [-0.3, -0.25) is 4.55 Å². The first-order valence-electron chi connectivity index (χ1n) is 11.2. The van der Waals surface area contributed by atoms with E-state index < -0.39 is 15.6 Å². The summed E-state index contributed by atoms with van der Waals surface area (Å²) in [5.41, 5.74) is -5.53. The first kappa shape index (κ1) is 31.3. The van der Waals surface area contributed by atoms with E-state index >= 15 is 0 Å². The van der Waals surface area contributed by atoms with Gasteiger partial charge in [0.25, 0.3) is 0 Å². The Hall–Kier alpha value is 0.130. The molecule has 0 aliphatic rings. The van der Waals surface area contributed by atoms with E-state index in [0.29, 0.717) is 5.16 Å². The highest BCUT2D eigenvalue weighted by atomic mass is 32.2. The van der Waals surface area contributed by atoms with Crippen molar-refractivity contribution in [3.63, 3.8) is 0 Å². The zero-order valence-electron chi connectivity index (χ0n) is 18.9. The lowest BCUT2D eigenvalue weighted by Gasteiger charge is -2.39. The molecule has 178 valence electrons. The molecule has 0 bridgehead atoms. The third-order valence-corrected chi connectivity index (χ3v) is 7.04. The fourth-order valence-electron chi connectivity index (χ4n) is 3.53. The first-order chi connectivity index (χ1) is 13.4. The molecule has 0 fully saturated rings. The smallest absolute Gasteiger partial charge is 0.279 e. The number of halogens is 3. The standard InChI is InChI=1S/C20H43P.CHF3O3S/c1-5-9-13-14-16-19(15-10-6-2)20(21,17-11-7-3)18-12-8-4;2-1(3,4)8(5,6)7/h19H,5-18,21H2,1-4H3;(H,5,6,7). The maximum Gasteiger partial charge on any atom is 0.522 e. The third kappa shape index (κ3) is 15.6. The van der Waals surface area contributed by atoms with Crippen molar-refractivity contribution >= 4 is 19.4 Å². The molecule has 0 amide bonds. The Morgan fingerprint density at radius 1 is 0.759 bits per heavy atom. The van der Waals surface area contributed by atoms with Gasteiger partial charge in [0.2, 0.25) is 0 Å². The molecule has 0 radical (unpaired) electrons. The van der Waals surface area contributed by atoms with Gasteiger partial charge in [0.15, 0.2) is 0 Å². The summed E-state index contributed by atoms with van der Waals surface area (Å²) in [6.07, 6.45) is 19.8. The second-order valence-electron chi connectivity index (χ2n) is 8.05. The maximum absolute atomic E-state index is 10.7. The molecule has 1 N–H and O–H groups in total. The van der Waals surface area contributed by atoms with Crippen molar-refractivity contribution in [2.24, 2.45) is 5.92 Å². The average molecular weight is 465 g/mol. The number of hydrogen-bond donors (Lipinski definition) is 1. The maximum atomic E-state index is 10.7. The summed E-state index contributed by atoms with van der Waals surface area (Å²) in [5, 5.41) is 0.535. The lowest BCUT2D eigenvalue weighted by molar-refractivity contribution is -0.0510. The summed E-state index contributed by atoms with van der Waals surface area (Å²) in [5.74, 6) is 0.942. The van der Waals surface area contributed by atoms with E-state index in [1.54, 1.807) is 0 Å². The van der Waals surface area contributed by atoms with Crippen LogP contribution in [0.5, 0.6) is 0 Å². The van der Waals surface area contributed by atoms with Gasteiger partial charge in [-0.1, -0.05) is 91.9 Å².